The molecule has 2 aromatic heterocycles. The fourth-order valence-corrected chi connectivity index (χ4v) is 5.97. The molecule has 0 aliphatic carbocycles. The van der Waals surface area contributed by atoms with Gasteiger partial charge in [-0.2, -0.15) is 5.10 Å². The Labute approximate surface area is 135 Å². The summed E-state index contributed by atoms with van der Waals surface area (Å²) in [5.41, 5.74) is 0.882. The Bertz CT molecular complexity index is 741. The maximum Gasteiger partial charge on any atom is 0.251 e. The number of aromatic nitrogens is 2. The van der Waals surface area contributed by atoms with Gasteiger partial charge >= 0.3 is 0 Å². The van der Waals surface area contributed by atoms with Gasteiger partial charge in [0.25, 0.3) is 10.0 Å². The summed E-state index contributed by atoms with van der Waals surface area (Å²) in [7, 11) is -1.73. The lowest BCUT2D eigenvalue weighted by Crippen LogP contribution is -2.36. The van der Waals surface area contributed by atoms with E-state index in [9.17, 15) is 8.42 Å². The molecule has 0 bridgehead atoms. The SMILES string of the molecule is Cn1cc([C@H]2OCC[C@@H]2NS(=O)(=O)c2sccc2Br)cn1. The highest BCUT2D eigenvalue weighted by molar-refractivity contribution is 9.10. The third kappa shape index (κ3) is 3.07. The first-order valence-electron chi connectivity index (χ1n) is 6.33. The topological polar surface area (TPSA) is 73.2 Å². The van der Waals surface area contributed by atoms with Crippen LogP contribution in [0.2, 0.25) is 0 Å². The molecule has 2 aromatic rings. The minimum atomic E-state index is -3.55. The van der Waals surface area contributed by atoms with Crippen LogP contribution in [0.5, 0.6) is 0 Å². The van der Waals surface area contributed by atoms with Gasteiger partial charge < -0.3 is 4.74 Å². The fourth-order valence-electron chi connectivity index (χ4n) is 2.35. The first-order valence-corrected chi connectivity index (χ1v) is 9.48. The molecule has 114 valence electrons. The van der Waals surface area contributed by atoms with Gasteiger partial charge in [0.15, 0.2) is 0 Å². The van der Waals surface area contributed by atoms with Crippen LogP contribution in [-0.2, 0) is 21.8 Å². The monoisotopic (exact) mass is 391 g/mol. The van der Waals surface area contributed by atoms with E-state index in [-0.39, 0.29) is 12.1 Å². The third-order valence-corrected chi connectivity index (χ3v) is 7.44. The van der Waals surface area contributed by atoms with E-state index in [4.69, 9.17) is 4.74 Å². The first kappa shape index (κ1) is 15.2. The number of aryl methyl sites for hydroxylation is 1. The lowest BCUT2D eigenvalue weighted by Gasteiger charge is -2.18. The van der Waals surface area contributed by atoms with Crippen LogP contribution in [0, 0.1) is 0 Å². The quantitative estimate of drug-likeness (QED) is 0.865. The molecule has 1 fully saturated rings. The summed E-state index contributed by atoms with van der Waals surface area (Å²) >= 11 is 4.45. The molecule has 21 heavy (non-hydrogen) atoms. The lowest BCUT2D eigenvalue weighted by atomic mass is 10.1. The minimum Gasteiger partial charge on any atom is -0.372 e. The van der Waals surface area contributed by atoms with Crippen LogP contribution in [0.4, 0.5) is 0 Å². The summed E-state index contributed by atoms with van der Waals surface area (Å²) in [5.74, 6) is 0. The molecular weight excluding hydrogens is 378 g/mol. The van der Waals surface area contributed by atoms with Crippen molar-refractivity contribution in [2.75, 3.05) is 6.61 Å². The number of sulfonamides is 1. The normalized spacial score (nSPS) is 22.8. The second kappa shape index (κ2) is 5.81. The number of nitrogens with zero attached hydrogens (tertiary/aromatic N) is 2. The van der Waals surface area contributed by atoms with E-state index in [2.05, 4.69) is 25.8 Å². The molecule has 0 radical (unpaired) electrons. The molecule has 6 nitrogen and oxygen atoms in total. The van der Waals surface area contributed by atoms with Gasteiger partial charge in [-0.25, -0.2) is 13.1 Å². The highest BCUT2D eigenvalue weighted by atomic mass is 79.9. The maximum atomic E-state index is 12.4. The molecule has 3 rings (SSSR count). The van der Waals surface area contributed by atoms with E-state index in [0.717, 1.165) is 5.56 Å². The van der Waals surface area contributed by atoms with Crippen molar-refractivity contribution in [2.45, 2.75) is 22.8 Å². The van der Waals surface area contributed by atoms with Gasteiger partial charge in [0.1, 0.15) is 10.3 Å². The summed E-state index contributed by atoms with van der Waals surface area (Å²) in [6.45, 7) is 0.526. The average Bonchev–Trinajstić information content (AvgIpc) is 3.10. The average molecular weight is 392 g/mol. The molecule has 3 heterocycles. The maximum absolute atomic E-state index is 12.4. The zero-order chi connectivity index (χ0) is 15.0. The van der Waals surface area contributed by atoms with Gasteiger partial charge in [-0.1, -0.05) is 0 Å². The van der Waals surface area contributed by atoms with Crippen molar-refractivity contribution in [3.05, 3.63) is 33.9 Å². The number of halogens is 1. The minimum absolute atomic E-state index is 0.284. The van der Waals surface area contributed by atoms with Crippen molar-refractivity contribution < 1.29 is 13.2 Å². The Kier molecular flexibility index (Phi) is 4.19. The summed E-state index contributed by atoms with van der Waals surface area (Å²) < 4.78 is 35.9. The van der Waals surface area contributed by atoms with Crippen molar-refractivity contribution in [3.63, 3.8) is 0 Å². The smallest absolute Gasteiger partial charge is 0.251 e. The van der Waals surface area contributed by atoms with Gasteiger partial charge in [0.2, 0.25) is 0 Å². The van der Waals surface area contributed by atoms with Crippen molar-refractivity contribution in [2.24, 2.45) is 7.05 Å². The molecule has 1 aliphatic heterocycles. The Hall–Kier alpha value is -0.740. The van der Waals surface area contributed by atoms with Crippen molar-refractivity contribution in [1.82, 2.24) is 14.5 Å². The number of thiophene rings is 1. The van der Waals surface area contributed by atoms with Crippen molar-refractivity contribution in [3.8, 4) is 0 Å². The number of hydrogen-bond donors (Lipinski definition) is 1. The predicted molar refractivity (Wildman–Crippen MR) is 82.6 cm³/mol. The molecule has 0 aromatic carbocycles. The summed E-state index contributed by atoms with van der Waals surface area (Å²) in [6.07, 6.45) is 3.89. The van der Waals surface area contributed by atoms with Crippen LogP contribution >= 0.6 is 27.3 Å². The van der Waals surface area contributed by atoms with Crippen LogP contribution in [-0.4, -0.2) is 30.8 Å². The molecule has 0 unspecified atom stereocenters. The van der Waals surface area contributed by atoms with E-state index in [1.54, 1.807) is 22.3 Å². The highest BCUT2D eigenvalue weighted by Crippen LogP contribution is 2.32. The Morgan fingerprint density at radius 1 is 1.57 bits per heavy atom. The van der Waals surface area contributed by atoms with Crippen LogP contribution in [0.3, 0.4) is 0 Å². The molecule has 1 saturated heterocycles. The van der Waals surface area contributed by atoms with Crippen molar-refractivity contribution in [1.29, 1.82) is 0 Å². The van der Waals surface area contributed by atoms with Gasteiger partial charge in [-0.05, 0) is 33.8 Å². The fraction of sp³-hybridized carbons (Fsp3) is 0.417. The van der Waals surface area contributed by atoms with E-state index < -0.39 is 10.0 Å². The van der Waals surface area contributed by atoms with Gasteiger partial charge in [0, 0.05) is 29.9 Å². The van der Waals surface area contributed by atoms with Crippen LogP contribution in [0.25, 0.3) is 0 Å². The molecule has 0 amide bonds. The van der Waals surface area contributed by atoms with Crippen LogP contribution < -0.4 is 4.72 Å². The largest absolute Gasteiger partial charge is 0.372 e. The summed E-state index contributed by atoms with van der Waals surface area (Å²) in [4.78, 5) is 0. The van der Waals surface area contributed by atoms with Gasteiger partial charge in [0.05, 0.1) is 12.2 Å². The molecule has 1 N–H and O–H groups in total. The molecule has 0 spiro atoms. The predicted octanol–water partition coefficient (Wildman–Crippen LogP) is 2.05. The molecular formula is C12H14BrN3O3S2. The number of rotatable bonds is 4. The summed E-state index contributed by atoms with van der Waals surface area (Å²) in [5, 5.41) is 5.85. The Morgan fingerprint density at radius 2 is 2.38 bits per heavy atom. The molecule has 2 atom stereocenters. The highest BCUT2D eigenvalue weighted by Gasteiger charge is 2.35. The Balaban J connectivity index is 1.82. The van der Waals surface area contributed by atoms with Gasteiger partial charge in [-0.3, -0.25) is 4.68 Å². The van der Waals surface area contributed by atoms with E-state index in [1.165, 1.54) is 11.3 Å². The molecule has 9 heteroatoms. The van der Waals surface area contributed by atoms with Crippen LogP contribution in [0.15, 0.2) is 32.5 Å². The van der Waals surface area contributed by atoms with E-state index in [0.29, 0.717) is 21.7 Å². The molecule has 1 aliphatic rings. The van der Waals surface area contributed by atoms with Crippen LogP contribution in [0.1, 0.15) is 18.1 Å². The zero-order valence-corrected chi connectivity index (χ0v) is 14.4. The van der Waals surface area contributed by atoms with E-state index >= 15 is 0 Å². The standard InChI is InChI=1S/C12H14BrN3O3S2/c1-16-7-8(6-14-16)11-10(2-4-19-11)15-21(17,18)12-9(13)3-5-20-12/h3,5-7,10-11,15H,2,4H2,1H3/t10-,11+/m0/s1. The zero-order valence-electron chi connectivity index (χ0n) is 11.2. The second-order valence-electron chi connectivity index (χ2n) is 4.81. The number of ether oxygens (including phenoxy) is 1. The summed E-state index contributed by atoms with van der Waals surface area (Å²) in [6, 6.07) is 1.44. The number of hydrogen-bond acceptors (Lipinski definition) is 5. The van der Waals surface area contributed by atoms with E-state index in [1.807, 2.05) is 13.2 Å². The molecule has 0 saturated carbocycles. The third-order valence-electron chi connectivity index (χ3n) is 3.28. The number of nitrogens with one attached hydrogen (secondary N) is 1. The van der Waals surface area contributed by atoms with Gasteiger partial charge in [-0.15, -0.1) is 11.3 Å². The van der Waals surface area contributed by atoms with Crippen molar-refractivity contribution >= 4 is 37.3 Å². The lowest BCUT2D eigenvalue weighted by molar-refractivity contribution is 0.102. The second-order valence-corrected chi connectivity index (χ2v) is 8.49. The Morgan fingerprint density at radius 3 is 3.00 bits per heavy atom. The first-order chi connectivity index (χ1) is 9.97.